The lowest BCUT2D eigenvalue weighted by Crippen LogP contribution is -2.48. The lowest BCUT2D eigenvalue weighted by Gasteiger charge is -2.34. The Kier molecular flexibility index (Phi) is 5.37. The molecule has 0 fully saturated rings. The summed E-state index contributed by atoms with van der Waals surface area (Å²) in [5.74, 6) is 0.868. The summed E-state index contributed by atoms with van der Waals surface area (Å²) >= 11 is 0. The summed E-state index contributed by atoms with van der Waals surface area (Å²) in [7, 11) is -0.563. The molecule has 0 saturated carbocycles. The van der Waals surface area contributed by atoms with Crippen LogP contribution in [-0.2, 0) is 14.8 Å². The van der Waals surface area contributed by atoms with Crippen LogP contribution < -0.4 is 23.8 Å². The molecule has 0 aliphatic carbocycles. The lowest BCUT2D eigenvalue weighted by molar-refractivity contribution is -0.122. The maximum Gasteiger partial charge on any atom is 0.267 e. The van der Waals surface area contributed by atoms with Gasteiger partial charge in [-0.3, -0.25) is 9.10 Å². The van der Waals surface area contributed by atoms with Crippen LogP contribution in [0, 0.1) is 6.92 Å². The number of fused-ring (bicyclic) bond motifs is 1. The molecule has 28 heavy (non-hydrogen) atoms. The number of methoxy groups -OCH3 is 2. The minimum atomic E-state index is -3.58. The van der Waals surface area contributed by atoms with Crippen molar-refractivity contribution in [3.63, 3.8) is 0 Å². The average molecular weight is 406 g/mol. The third-order valence-electron chi connectivity index (χ3n) is 4.33. The number of carbonyl (C=O) groups excluding carboxylic acids is 1. The second kappa shape index (κ2) is 7.59. The van der Waals surface area contributed by atoms with E-state index in [1.54, 1.807) is 36.4 Å². The van der Waals surface area contributed by atoms with Gasteiger partial charge in [-0.1, -0.05) is 6.07 Å². The molecule has 0 aromatic heterocycles. The Bertz CT molecular complexity index is 1010. The van der Waals surface area contributed by atoms with Crippen molar-refractivity contribution in [3.8, 4) is 17.2 Å². The number of amides is 1. The van der Waals surface area contributed by atoms with Crippen LogP contribution in [0.2, 0.25) is 0 Å². The van der Waals surface area contributed by atoms with E-state index in [1.165, 1.54) is 18.5 Å². The summed E-state index contributed by atoms with van der Waals surface area (Å²) in [5, 5.41) is 2.73. The molecular formula is C19H22N2O6S. The molecule has 0 unspecified atom stereocenters. The third-order valence-corrected chi connectivity index (χ3v) is 5.47. The predicted octanol–water partition coefficient (Wildman–Crippen LogP) is 2.18. The Balaban J connectivity index is 1.86. The van der Waals surface area contributed by atoms with Crippen LogP contribution in [0.25, 0.3) is 0 Å². The normalized spacial score (nSPS) is 16.0. The largest absolute Gasteiger partial charge is 0.493 e. The van der Waals surface area contributed by atoms with E-state index in [9.17, 15) is 13.2 Å². The van der Waals surface area contributed by atoms with Gasteiger partial charge in [0.15, 0.2) is 17.6 Å². The van der Waals surface area contributed by atoms with Gasteiger partial charge in [0.25, 0.3) is 5.91 Å². The number of ether oxygens (including phenoxy) is 3. The summed E-state index contributed by atoms with van der Waals surface area (Å²) in [6, 6.07) is 10.1. The maximum atomic E-state index is 12.7. The smallest absolute Gasteiger partial charge is 0.267 e. The van der Waals surface area contributed by atoms with Crippen LogP contribution in [0.4, 0.5) is 11.4 Å². The number of hydrogen-bond acceptors (Lipinski definition) is 6. The summed E-state index contributed by atoms with van der Waals surface area (Å²) < 4.78 is 41.9. The molecular weight excluding hydrogens is 384 g/mol. The number of rotatable bonds is 5. The molecule has 1 amide bonds. The molecule has 1 heterocycles. The van der Waals surface area contributed by atoms with Crippen molar-refractivity contribution in [2.75, 3.05) is 36.6 Å². The van der Waals surface area contributed by atoms with Crippen molar-refractivity contribution < 1.29 is 27.4 Å². The fourth-order valence-corrected chi connectivity index (χ4v) is 3.85. The van der Waals surface area contributed by atoms with Gasteiger partial charge in [-0.15, -0.1) is 0 Å². The molecule has 1 atom stereocenters. The zero-order valence-corrected chi connectivity index (χ0v) is 16.9. The fraction of sp³-hybridized carbons (Fsp3) is 0.316. The average Bonchev–Trinajstić information content (AvgIpc) is 2.66. The van der Waals surface area contributed by atoms with Crippen LogP contribution >= 0.6 is 0 Å². The first-order valence-corrected chi connectivity index (χ1v) is 10.4. The molecule has 0 radical (unpaired) electrons. The highest BCUT2D eigenvalue weighted by Crippen LogP contribution is 2.36. The number of hydrogen-bond donors (Lipinski definition) is 1. The number of anilines is 2. The summed E-state index contributed by atoms with van der Waals surface area (Å²) in [4.78, 5) is 12.7. The van der Waals surface area contributed by atoms with Crippen LogP contribution in [0.5, 0.6) is 17.2 Å². The van der Waals surface area contributed by atoms with E-state index in [1.807, 2.05) is 6.92 Å². The molecule has 1 aliphatic rings. The number of nitrogens with zero attached hydrogens (tertiary/aromatic N) is 1. The molecule has 1 aliphatic heterocycles. The van der Waals surface area contributed by atoms with E-state index in [-0.39, 0.29) is 6.54 Å². The van der Waals surface area contributed by atoms with Gasteiger partial charge in [-0.25, -0.2) is 8.42 Å². The predicted molar refractivity (Wildman–Crippen MR) is 106 cm³/mol. The molecule has 150 valence electrons. The van der Waals surface area contributed by atoms with Gasteiger partial charge in [0.05, 0.1) is 32.7 Å². The number of carbonyl (C=O) groups is 1. The molecule has 3 rings (SSSR count). The molecule has 0 spiro atoms. The highest BCUT2D eigenvalue weighted by molar-refractivity contribution is 7.92. The van der Waals surface area contributed by atoms with Gasteiger partial charge in [0.1, 0.15) is 5.75 Å². The quantitative estimate of drug-likeness (QED) is 0.818. The fourth-order valence-electron chi connectivity index (χ4n) is 2.95. The zero-order chi connectivity index (χ0) is 20.5. The molecule has 8 nitrogen and oxygen atoms in total. The molecule has 2 aromatic rings. The van der Waals surface area contributed by atoms with Gasteiger partial charge in [-0.05, 0) is 36.8 Å². The molecule has 1 N–H and O–H groups in total. The Labute approximate surface area is 164 Å². The highest BCUT2D eigenvalue weighted by atomic mass is 32.2. The van der Waals surface area contributed by atoms with Crippen molar-refractivity contribution >= 4 is 27.3 Å². The zero-order valence-electron chi connectivity index (χ0n) is 16.1. The van der Waals surface area contributed by atoms with Crippen molar-refractivity contribution in [2.45, 2.75) is 13.0 Å². The van der Waals surface area contributed by atoms with Crippen LogP contribution in [0.1, 0.15) is 5.56 Å². The number of aryl methyl sites for hydroxylation is 1. The minimum absolute atomic E-state index is 0.117. The Morgan fingerprint density at radius 1 is 1.14 bits per heavy atom. The van der Waals surface area contributed by atoms with Crippen LogP contribution in [0.15, 0.2) is 36.4 Å². The number of nitrogens with one attached hydrogen (secondary N) is 1. The van der Waals surface area contributed by atoms with Crippen LogP contribution in [0.3, 0.4) is 0 Å². The van der Waals surface area contributed by atoms with Gasteiger partial charge >= 0.3 is 0 Å². The van der Waals surface area contributed by atoms with Crippen molar-refractivity contribution in [3.05, 3.63) is 42.0 Å². The third kappa shape index (κ3) is 3.99. The highest BCUT2D eigenvalue weighted by Gasteiger charge is 2.35. The lowest BCUT2D eigenvalue weighted by atomic mass is 10.1. The first-order chi connectivity index (χ1) is 13.2. The standard InChI is InChI=1S/C19H22N2O6S/c1-12-5-7-15-14(9-12)21(28(4,23)24)11-18(27-15)19(22)20-13-6-8-16(25-2)17(10-13)26-3/h5-10,18H,11H2,1-4H3,(H,20,22)/t18-/m1/s1. The van der Waals surface area contributed by atoms with Crippen molar-refractivity contribution in [1.29, 1.82) is 0 Å². The van der Waals surface area contributed by atoms with E-state index in [4.69, 9.17) is 14.2 Å². The second-order valence-electron chi connectivity index (χ2n) is 6.43. The van der Waals surface area contributed by atoms with Crippen LogP contribution in [-0.4, -0.2) is 47.4 Å². The van der Waals surface area contributed by atoms with E-state index in [0.29, 0.717) is 28.6 Å². The molecule has 0 saturated heterocycles. The number of benzene rings is 2. The topological polar surface area (TPSA) is 94.2 Å². The van der Waals surface area contributed by atoms with E-state index < -0.39 is 22.0 Å². The van der Waals surface area contributed by atoms with Gasteiger partial charge < -0.3 is 19.5 Å². The summed E-state index contributed by atoms with van der Waals surface area (Å²) in [6.45, 7) is 1.74. The van der Waals surface area contributed by atoms with Gasteiger partial charge in [-0.2, -0.15) is 0 Å². The Morgan fingerprint density at radius 3 is 2.50 bits per heavy atom. The number of sulfonamides is 1. The van der Waals surface area contributed by atoms with Crippen molar-refractivity contribution in [2.24, 2.45) is 0 Å². The first kappa shape index (κ1) is 19.8. The van der Waals surface area contributed by atoms with Crippen molar-refractivity contribution in [1.82, 2.24) is 0 Å². The van der Waals surface area contributed by atoms with E-state index in [0.717, 1.165) is 11.8 Å². The monoisotopic (exact) mass is 406 g/mol. The van der Waals surface area contributed by atoms with Gasteiger partial charge in [0.2, 0.25) is 10.0 Å². The van der Waals surface area contributed by atoms with E-state index in [2.05, 4.69) is 5.32 Å². The summed E-state index contributed by atoms with van der Waals surface area (Å²) in [5.41, 5.74) is 1.80. The SMILES string of the molecule is COc1ccc(NC(=O)[C@H]2CN(S(C)(=O)=O)c3cc(C)ccc3O2)cc1OC. The molecule has 0 bridgehead atoms. The van der Waals surface area contributed by atoms with Gasteiger partial charge in [0, 0.05) is 11.8 Å². The Morgan fingerprint density at radius 2 is 1.86 bits per heavy atom. The van der Waals surface area contributed by atoms with E-state index >= 15 is 0 Å². The first-order valence-electron chi connectivity index (χ1n) is 8.51. The molecule has 9 heteroatoms. The maximum absolute atomic E-state index is 12.7. The second-order valence-corrected chi connectivity index (χ2v) is 8.34. The molecule has 2 aromatic carbocycles. The Hall–Kier alpha value is -2.94. The summed E-state index contributed by atoms with van der Waals surface area (Å²) in [6.07, 6.45) is 0.103. The minimum Gasteiger partial charge on any atom is -0.493 e.